The Morgan fingerprint density at radius 2 is 0.505 bits per heavy atom. The first-order valence-electron chi connectivity index (χ1n) is 39.2. The van der Waals surface area contributed by atoms with Gasteiger partial charge in [-0.25, -0.2) is 9.13 Å². The first-order valence-corrected chi connectivity index (χ1v) is 42.2. The third-order valence-corrected chi connectivity index (χ3v) is 19.8. The van der Waals surface area contributed by atoms with E-state index in [1.807, 2.05) is 0 Å². The molecule has 0 aliphatic rings. The van der Waals surface area contributed by atoms with E-state index in [9.17, 15) is 43.2 Å². The summed E-state index contributed by atoms with van der Waals surface area (Å²) in [6, 6.07) is 0. The number of aliphatic hydroxyl groups is 1. The van der Waals surface area contributed by atoms with Gasteiger partial charge in [0.05, 0.1) is 26.4 Å². The predicted molar refractivity (Wildman–Crippen MR) is 386 cm³/mol. The molecule has 0 radical (unpaired) electrons. The smallest absolute Gasteiger partial charge is 0.462 e. The Kier molecular flexibility index (Phi) is 64.0. The van der Waals surface area contributed by atoms with E-state index in [-0.39, 0.29) is 25.7 Å². The number of carbonyl (C=O) groups excluding carboxylic acids is 4. The Labute approximate surface area is 581 Å². The van der Waals surface area contributed by atoms with Gasteiger partial charge in [-0.2, -0.15) is 0 Å². The second-order valence-corrected chi connectivity index (χ2v) is 32.0. The van der Waals surface area contributed by atoms with E-state index in [4.69, 9.17) is 37.0 Å². The van der Waals surface area contributed by atoms with Gasteiger partial charge < -0.3 is 33.8 Å². The van der Waals surface area contributed by atoms with Crippen LogP contribution in [0, 0.1) is 23.7 Å². The maximum atomic E-state index is 13.1. The number of unbranched alkanes of at least 4 members (excludes halogenated alkanes) is 38. The van der Waals surface area contributed by atoms with Crippen LogP contribution in [0.25, 0.3) is 0 Å². The molecule has 3 N–H and O–H groups in total. The van der Waals surface area contributed by atoms with Gasteiger partial charge >= 0.3 is 39.5 Å². The molecule has 0 aromatic carbocycles. The van der Waals surface area contributed by atoms with Gasteiger partial charge in [-0.3, -0.25) is 37.3 Å². The number of rotatable bonds is 73. The summed E-state index contributed by atoms with van der Waals surface area (Å²) in [5.41, 5.74) is 0. The van der Waals surface area contributed by atoms with Crippen LogP contribution in [0.1, 0.15) is 383 Å². The summed E-state index contributed by atoms with van der Waals surface area (Å²) >= 11 is 0. The van der Waals surface area contributed by atoms with Crippen LogP contribution >= 0.6 is 15.6 Å². The van der Waals surface area contributed by atoms with E-state index in [2.05, 4.69) is 55.4 Å². The Morgan fingerprint density at radius 3 is 0.747 bits per heavy atom. The van der Waals surface area contributed by atoms with Gasteiger partial charge in [-0.05, 0) is 49.4 Å². The number of ether oxygens (including phenoxy) is 4. The fraction of sp³-hybridized carbons (Fsp3) is 0.947. The van der Waals surface area contributed by atoms with Crippen LogP contribution in [-0.2, 0) is 65.4 Å². The van der Waals surface area contributed by atoms with Crippen molar-refractivity contribution in [3.63, 3.8) is 0 Å². The average molecular weight is 1400 g/mol. The summed E-state index contributed by atoms with van der Waals surface area (Å²) in [6.45, 7) is 14.2. The Hall–Kier alpha value is -1.94. The molecule has 0 rings (SSSR count). The average Bonchev–Trinajstić information content (AvgIpc) is 1.27. The summed E-state index contributed by atoms with van der Waals surface area (Å²) in [4.78, 5) is 72.8. The molecule has 19 heteroatoms. The van der Waals surface area contributed by atoms with Crippen LogP contribution in [-0.4, -0.2) is 96.7 Å². The third kappa shape index (κ3) is 69.0. The van der Waals surface area contributed by atoms with Crippen molar-refractivity contribution in [2.45, 2.75) is 401 Å². The van der Waals surface area contributed by atoms with Crippen molar-refractivity contribution in [3.8, 4) is 0 Å². The lowest BCUT2D eigenvalue weighted by Gasteiger charge is -2.21. The lowest BCUT2D eigenvalue weighted by atomic mass is 9.99. The Balaban J connectivity index is 5.21. The van der Waals surface area contributed by atoms with Crippen LogP contribution in [0.2, 0.25) is 0 Å². The van der Waals surface area contributed by atoms with Gasteiger partial charge in [0.25, 0.3) is 0 Å². The lowest BCUT2D eigenvalue weighted by Crippen LogP contribution is -2.30. The van der Waals surface area contributed by atoms with Gasteiger partial charge in [-0.1, -0.05) is 331 Å². The number of carbonyl (C=O) groups is 4. The monoisotopic (exact) mass is 1400 g/mol. The highest BCUT2D eigenvalue weighted by molar-refractivity contribution is 7.47. The van der Waals surface area contributed by atoms with Crippen LogP contribution < -0.4 is 0 Å². The van der Waals surface area contributed by atoms with Crippen molar-refractivity contribution >= 4 is 39.5 Å². The van der Waals surface area contributed by atoms with Crippen LogP contribution in [0.4, 0.5) is 0 Å². The fourth-order valence-electron chi connectivity index (χ4n) is 11.5. The highest BCUT2D eigenvalue weighted by Crippen LogP contribution is 2.45. The van der Waals surface area contributed by atoms with E-state index in [1.165, 1.54) is 180 Å². The highest BCUT2D eigenvalue weighted by atomic mass is 31.2. The molecule has 564 valence electrons. The summed E-state index contributed by atoms with van der Waals surface area (Å²) in [6.07, 6.45) is 50.1. The van der Waals surface area contributed by atoms with E-state index in [0.717, 1.165) is 114 Å². The normalized spacial score (nSPS) is 14.4. The first-order chi connectivity index (χ1) is 45.6. The van der Waals surface area contributed by atoms with Crippen LogP contribution in [0.3, 0.4) is 0 Å². The fourth-order valence-corrected chi connectivity index (χ4v) is 13.1. The topological polar surface area (TPSA) is 237 Å². The number of hydrogen-bond acceptors (Lipinski definition) is 15. The molecule has 0 spiro atoms. The second kappa shape index (κ2) is 65.4. The molecule has 0 fully saturated rings. The van der Waals surface area contributed by atoms with E-state index < -0.39 is 97.5 Å². The summed E-state index contributed by atoms with van der Waals surface area (Å²) in [5, 5.41) is 10.6. The van der Waals surface area contributed by atoms with Crippen molar-refractivity contribution in [2.24, 2.45) is 23.7 Å². The zero-order chi connectivity index (χ0) is 70.3. The molecule has 0 bridgehead atoms. The number of esters is 4. The number of phosphoric ester groups is 2. The molecule has 0 aromatic heterocycles. The molecular weight excluding hydrogens is 1250 g/mol. The van der Waals surface area contributed by atoms with Crippen LogP contribution in [0.15, 0.2) is 0 Å². The summed E-state index contributed by atoms with van der Waals surface area (Å²) < 4.78 is 68.5. The van der Waals surface area contributed by atoms with Gasteiger partial charge in [0.2, 0.25) is 0 Å². The van der Waals surface area contributed by atoms with E-state index >= 15 is 0 Å². The first kappa shape index (κ1) is 93.1. The molecule has 0 aromatic rings. The molecule has 0 heterocycles. The second-order valence-electron chi connectivity index (χ2n) is 29.1. The molecule has 0 saturated heterocycles. The zero-order valence-corrected chi connectivity index (χ0v) is 64.1. The van der Waals surface area contributed by atoms with E-state index in [0.29, 0.717) is 31.6 Å². The van der Waals surface area contributed by atoms with Crippen molar-refractivity contribution in [2.75, 3.05) is 39.6 Å². The van der Waals surface area contributed by atoms with Gasteiger partial charge in [0.1, 0.15) is 19.3 Å². The number of aliphatic hydroxyl groups excluding tert-OH is 1. The van der Waals surface area contributed by atoms with E-state index in [1.54, 1.807) is 0 Å². The molecule has 6 atom stereocenters. The maximum Gasteiger partial charge on any atom is 0.472 e. The molecule has 3 unspecified atom stereocenters. The van der Waals surface area contributed by atoms with Crippen molar-refractivity contribution in [1.82, 2.24) is 0 Å². The number of phosphoric acid groups is 2. The molecule has 95 heavy (non-hydrogen) atoms. The summed E-state index contributed by atoms with van der Waals surface area (Å²) in [5.74, 6) is 0.918. The Morgan fingerprint density at radius 1 is 0.295 bits per heavy atom. The number of hydrogen-bond donors (Lipinski definition) is 3. The zero-order valence-electron chi connectivity index (χ0n) is 62.3. The molecule has 0 aliphatic carbocycles. The SMILES string of the molecule is CCC(C)CCCCCCCCCCC(=O)O[C@H](COC(=O)CCCCCCCCCCCCCCCCCC(C)C)COP(=O)(O)OC[C@@H](O)COP(=O)(O)OC[C@@H](COC(=O)CCCCCCCCC(C)C)OC(=O)CCCCCCCCCCCCCCCC(C)C. The Bertz CT molecular complexity index is 1870. The van der Waals surface area contributed by atoms with Gasteiger partial charge in [0, 0.05) is 25.7 Å². The molecule has 0 aliphatic heterocycles. The minimum Gasteiger partial charge on any atom is -0.462 e. The van der Waals surface area contributed by atoms with Crippen molar-refractivity contribution < 1.29 is 80.2 Å². The lowest BCUT2D eigenvalue weighted by molar-refractivity contribution is -0.161. The third-order valence-electron chi connectivity index (χ3n) is 17.9. The minimum absolute atomic E-state index is 0.105. The van der Waals surface area contributed by atoms with Gasteiger partial charge in [0.15, 0.2) is 12.2 Å². The van der Waals surface area contributed by atoms with Crippen molar-refractivity contribution in [1.29, 1.82) is 0 Å². The molecular formula is C76H148O17P2. The molecule has 17 nitrogen and oxygen atoms in total. The standard InChI is InChI=1S/C76H148O17P2/c1-9-69(8)55-47-39-30-26-27-33-43-51-59-76(81)93-71(62-86-73(78)56-48-40-31-24-20-16-12-10-11-14-18-22-28-36-44-52-66(2)3)64-90-94(82,83)88-60-70(77)61-89-95(84,85)91-65-72(63-87-74(79)57-49-41-35-34-38-46-54-68(6)7)92-75(80)58-50-42-32-25-21-17-13-15-19-23-29-37-45-53-67(4)5/h66-72,77H,9-65H2,1-8H3,(H,82,83)(H,84,85)/t69?,70-,71-,72-/m1/s1. The molecule has 0 amide bonds. The predicted octanol–water partition coefficient (Wildman–Crippen LogP) is 22.0. The van der Waals surface area contributed by atoms with Crippen LogP contribution in [0.5, 0.6) is 0 Å². The minimum atomic E-state index is -4.96. The molecule has 0 saturated carbocycles. The quantitative estimate of drug-likeness (QED) is 0.0222. The largest absolute Gasteiger partial charge is 0.472 e. The highest BCUT2D eigenvalue weighted by Gasteiger charge is 2.30. The maximum absolute atomic E-state index is 13.1. The summed E-state index contributed by atoms with van der Waals surface area (Å²) in [7, 11) is -9.91. The van der Waals surface area contributed by atoms with Crippen molar-refractivity contribution in [3.05, 3.63) is 0 Å². The van der Waals surface area contributed by atoms with Gasteiger partial charge in [-0.15, -0.1) is 0 Å².